The summed E-state index contributed by atoms with van der Waals surface area (Å²) in [4.78, 5) is 11.2. The Morgan fingerprint density at radius 2 is 2.21 bits per heavy atom. The maximum Gasteiger partial charge on any atom is 0.162 e. The highest BCUT2D eigenvalue weighted by Gasteiger charge is 2.20. The van der Waals surface area contributed by atoms with Gasteiger partial charge in [0.15, 0.2) is 5.65 Å². The second-order valence-corrected chi connectivity index (χ2v) is 5.79. The molecule has 0 bridgehead atoms. The van der Waals surface area contributed by atoms with Gasteiger partial charge in [0.25, 0.3) is 0 Å². The lowest BCUT2D eigenvalue weighted by Gasteiger charge is -2.29. The van der Waals surface area contributed by atoms with Crippen LogP contribution in [-0.4, -0.2) is 38.2 Å². The number of halogens is 1. The van der Waals surface area contributed by atoms with Gasteiger partial charge in [0.05, 0.1) is 18.1 Å². The van der Waals surface area contributed by atoms with Crippen LogP contribution in [0.1, 0.15) is 25.1 Å². The van der Waals surface area contributed by atoms with E-state index in [0.717, 1.165) is 35.9 Å². The number of aryl methyl sites for hydroxylation is 1. The van der Waals surface area contributed by atoms with Crippen LogP contribution < -0.4 is 0 Å². The van der Waals surface area contributed by atoms with E-state index in [-0.39, 0.29) is 0 Å². The molecule has 0 unspecified atom stereocenters. The van der Waals surface area contributed by atoms with Crippen molar-refractivity contribution in [1.29, 1.82) is 0 Å². The van der Waals surface area contributed by atoms with Gasteiger partial charge in [-0.2, -0.15) is 5.10 Å². The molecule has 0 amide bonds. The fraction of sp³-hybridized carbons (Fsp3) is 0.615. The quantitative estimate of drug-likeness (QED) is 0.806. The van der Waals surface area contributed by atoms with Gasteiger partial charge in [-0.25, -0.2) is 9.97 Å². The van der Waals surface area contributed by atoms with Crippen LogP contribution in [0.5, 0.6) is 0 Å². The van der Waals surface area contributed by atoms with Crippen molar-refractivity contribution in [1.82, 2.24) is 24.6 Å². The van der Waals surface area contributed by atoms with E-state index >= 15 is 0 Å². The summed E-state index contributed by atoms with van der Waals surface area (Å²) in [5, 5.41) is 5.47. The largest absolute Gasteiger partial charge is 0.299 e. The predicted molar refractivity (Wildman–Crippen MR) is 75.0 cm³/mol. The topological polar surface area (TPSA) is 46.8 Å². The van der Waals surface area contributed by atoms with Gasteiger partial charge in [0, 0.05) is 13.6 Å². The molecule has 0 spiro atoms. The van der Waals surface area contributed by atoms with E-state index in [1.54, 1.807) is 10.9 Å². The summed E-state index contributed by atoms with van der Waals surface area (Å²) < 4.78 is 1.73. The summed E-state index contributed by atoms with van der Waals surface area (Å²) in [6.45, 7) is 1.85. The highest BCUT2D eigenvalue weighted by Crippen LogP contribution is 2.27. The first-order chi connectivity index (χ1) is 9.13. The van der Waals surface area contributed by atoms with Crippen molar-refractivity contribution in [2.75, 3.05) is 13.6 Å². The smallest absolute Gasteiger partial charge is 0.162 e. The molecule has 2 aromatic rings. The zero-order valence-corrected chi connectivity index (χ0v) is 12.1. The summed E-state index contributed by atoms with van der Waals surface area (Å²) in [5.41, 5.74) is 0.798. The van der Waals surface area contributed by atoms with Gasteiger partial charge in [0.2, 0.25) is 0 Å². The molecule has 1 saturated carbocycles. The van der Waals surface area contributed by atoms with Crippen LogP contribution in [0, 0.1) is 5.92 Å². The molecule has 19 heavy (non-hydrogen) atoms. The van der Waals surface area contributed by atoms with Gasteiger partial charge in [-0.15, -0.1) is 0 Å². The van der Waals surface area contributed by atoms with Crippen LogP contribution in [0.2, 0.25) is 5.15 Å². The summed E-state index contributed by atoms with van der Waals surface area (Å²) >= 11 is 6.18. The molecule has 5 nitrogen and oxygen atoms in total. The minimum atomic E-state index is 0.491. The maximum atomic E-state index is 6.18. The van der Waals surface area contributed by atoms with E-state index in [4.69, 9.17) is 11.6 Å². The van der Waals surface area contributed by atoms with Gasteiger partial charge in [-0.3, -0.25) is 9.58 Å². The zero-order valence-electron chi connectivity index (χ0n) is 11.3. The molecule has 0 atom stereocenters. The fourth-order valence-electron chi connectivity index (χ4n) is 2.52. The van der Waals surface area contributed by atoms with E-state index in [1.165, 1.54) is 19.3 Å². The molecule has 6 heteroatoms. The first kappa shape index (κ1) is 12.8. The standard InChI is InChI=1S/C13H18ClN5/c1-18(7-9-4-3-5-9)8-11-16-12(14)10-6-15-19(2)13(10)17-11/h6,9H,3-5,7-8H2,1-2H3. The fourth-order valence-corrected chi connectivity index (χ4v) is 2.75. The SMILES string of the molecule is CN(Cc1nc(Cl)c2cnn(C)c2n1)CC1CCC1. The molecular formula is C13H18ClN5. The Balaban J connectivity index is 1.78. The van der Waals surface area contributed by atoms with Gasteiger partial charge in [-0.1, -0.05) is 18.0 Å². The van der Waals surface area contributed by atoms with Crippen LogP contribution in [0.4, 0.5) is 0 Å². The van der Waals surface area contributed by atoms with Crippen molar-refractivity contribution in [3.8, 4) is 0 Å². The number of hydrogen-bond acceptors (Lipinski definition) is 4. The Kier molecular flexibility index (Phi) is 3.41. The number of aromatic nitrogens is 4. The van der Waals surface area contributed by atoms with E-state index < -0.39 is 0 Å². The molecule has 2 aromatic heterocycles. The first-order valence-electron chi connectivity index (χ1n) is 6.66. The maximum absolute atomic E-state index is 6.18. The van der Waals surface area contributed by atoms with Crippen molar-refractivity contribution in [2.24, 2.45) is 13.0 Å². The molecule has 0 aliphatic heterocycles. The van der Waals surface area contributed by atoms with Gasteiger partial charge in [0.1, 0.15) is 11.0 Å². The minimum absolute atomic E-state index is 0.491. The van der Waals surface area contributed by atoms with Gasteiger partial charge in [-0.05, 0) is 25.8 Å². The normalized spacial score (nSPS) is 16.2. The Labute approximate surface area is 117 Å². The minimum Gasteiger partial charge on any atom is -0.299 e. The summed E-state index contributed by atoms with van der Waals surface area (Å²) in [7, 11) is 3.98. The van der Waals surface area contributed by atoms with Crippen LogP contribution >= 0.6 is 11.6 Å². The third kappa shape index (κ3) is 2.58. The summed E-state index contributed by atoms with van der Waals surface area (Å²) in [5.74, 6) is 1.61. The molecule has 0 radical (unpaired) electrons. The molecular weight excluding hydrogens is 262 g/mol. The van der Waals surface area contributed by atoms with E-state index in [2.05, 4.69) is 27.0 Å². The molecule has 1 aliphatic rings. The molecule has 3 rings (SSSR count). The van der Waals surface area contributed by atoms with E-state index in [1.807, 2.05) is 7.05 Å². The Morgan fingerprint density at radius 3 is 2.89 bits per heavy atom. The lowest BCUT2D eigenvalue weighted by Crippen LogP contribution is -2.29. The third-order valence-corrected chi connectivity index (χ3v) is 4.09. The Bertz CT molecular complexity index is 590. The molecule has 0 N–H and O–H groups in total. The van der Waals surface area contributed by atoms with E-state index in [9.17, 15) is 0 Å². The summed E-state index contributed by atoms with van der Waals surface area (Å²) in [6, 6.07) is 0. The van der Waals surface area contributed by atoms with Gasteiger partial charge >= 0.3 is 0 Å². The van der Waals surface area contributed by atoms with Gasteiger partial charge < -0.3 is 0 Å². The van der Waals surface area contributed by atoms with Crippen molar-refractivity contribution in [3.63, 3.8) is 0 Å². The summed E-state index contributed by atoms with van der Waals surface area (Å²) in [6.07, 6.45) is 5.79. The van der Waals surface area contributed by atoms with Crippen molar-refractivity contribution in [3.05, 3.63) is 17.2 Å². The molecule has 1 aliphatic carbocycles. The van der Waals surface area contributed by atoms with Crippen molar-refractivity contribution < 1.29 is 0 Å². The number of rotatable bonds is 4. The van der Waals surface area contributed by atoms with Crippen LogP contribution in [0.15, 0.2) is 6.20 Å². The second-order valence-electron chi connectivity index (χ2n) is 5.43. The average molecular weight is 280 g/mol. The monoisotopic (exact) mass is 279 g/mol. The van der Waals surface area contributed by atoms with E-state index in [0.29, 0.717) is 5.15 Å². The van der Waals surface area contributed by atoms with Crippen LogP contribution in [0.25, 0.3) is 11.0 Å². The molecule has 102 valence electrons. The molecule has 0 aromatic carbocycles. The second kappa shape index (κ2) is 5.06. The predicted octanol–water partition coefficient (Wildman–Crippen LogP) is 2.25. The van der Waals surface area contributed by atoms with Crippen molar-refractivity contribution >= 4 is 22.6 Å². The average Bonchev–Trinajstić information content (AvgIpc) is 2.67. The molecule has 1 fully saturated rings. The highest BCUT2D eigenvalue weighted by molar-refractivity contribution is 6.33. The van der Waals surface area contributed by atoms with Crippen molar-refractivity contribution in [2.45, 2.75) is 25.8 Å². The number of fused-ring (bicyclic) bond motifs is 1. The third-order valence-electron chi connectivity index (χ3n) is 3.80. The first-order valence-corrected chi connectivity index (χ1v) is 7.04. The highest BCUT2D eigenvalue weighted by atomic mass is 35.5. The number of nitrogens with zero attached hydrogens (tertiary/aromatic N) is 5. The lowest BCUT2D eigenvalue weighted by atomic mass is 9.85. The molecule has 0 saturated heterocycles. The lowest BCUT2D eigenvalue weighted by molar-refractivity contribution is 0.197. The Morgan fingerprint density at radius 1 is 1.42 bits per heavy atom. The zero-order chi connectivity index (χ0) is 13.4. The van der Waals surface area contributed by atoms with Crippen LogP contribution in [0.3, 0.4) is 0 Å². The number of hydrogen-bond donors (Lipinski definition) is 0. The molecule has 2 heterocycles. The Hall–Kier alpha value is -1.20. The van der Waals surface area contributed by atoms with Crippen LogP contribution in [-0.2, 0) is 13.6 Å².